The van der Waals surface area contributed by atoms with E-state index in [0.717, 1.165) is 0 Å². The Morgan fingerprint density at radius 3 is 2.47 bits per heavy atom. The summed E-state index contributed by atoms with van der Waals surface area (Å²) in [5.41, 5.74) is -0.526. The Balaban J connectivity index is 4.10. The van der Waals surface area contributed by atoms with E-state index in [-0.39, 0.29) is 19.6 Å². The zero-order valence-electron chi connectivity index (χ0n) is 9.52. The summed E-state index contributed by atoms with van der Waals surface area (Å²) in [5.74, 6) is -1.00. The third-order valence-corrected chi connectivity index (χ3v) is 2.13. The lowest BCUT2D eigenvalue weighted by Gasteiger charge is -2.26. The summed E-state index contributed by atoms with van der Waals surface area (Å²) in [7, 11) is 1.53. The van der Waals surface area contributed by atoms with Gasteiger partial charge in [0.2, 0.25) is 0 Å². The Labute approximate surface area is 90.0 Å². The van der Waals surface area contributed by atoms with E-state index in [1.54, 1.807) is 13.8 Å². The van der Waals surface area contributed by atoms with Crippen LogP contribution in [0.2, 0.25) is 0 Å². The third kappa shape index (κ3) is 6.43. The number of carboxylic acids is 1. The molecule has 2 N–H and O–H groups in total. The molecule has 0 aliphatic rings. The van der Waals surface area contributed by atoms with Crippen LogP contribution in [0.1, 0.15) is 26.7 Å². The first-order chi connectivity index (χ1) is 6.93. The minimum atomic E-state index is -1.00. The Morgan fingerprint density at radius 2 is 2.07 bits per heavy atom. The first-order valence-electron chi connectivity index (χ1n) is 4.93. The first-order valence-corrected chi connectivity index (χ1v) is 4.93. The smallest absolute Gasteiger partial charge is 0.332 e. The second kappa shape index (κ2) is 6.76. The molecule has 90 valence electrons. The van der Waals surface area contributed by atoms with E-state index in [4.69, 9.17) is 19.7 Å². The molecule has 0 saturated carbocycles. The monoisotopic (exact) mass is 220 g/mol. The van der Waals surface area contributed by atoms with Crippen LogP contribution in [0.25, 0.3) is 0 Å². The average Bonchev–Trinajstić information content (AvgIpc) is 2.16. The van der Waals surface area contributed by atoms with Crippen molar-refractivity contribution in [2.45, 2.75) is 38.4 Å². The molecule has 0 rings (SSSR count). The lowest BCUT2D eigenvalue weighted by atomic mass is 10.0. The second-order valence-corrected chi connectivity index (χ2v) is 3.94. The first kappa shape index (κ1) is 14.3. The van der Waals surface area contributed by atoms with Crippen LogP contribution in [0.3, 0.4) is 0 Å². The van der Waals surface area contributed by atoms with E-state index in [1.807, 2.05) is 0 Å². The van der Waals surface area contributed by atoms with E-state index in [1.165, 1.54) is 7.11 Å². The van der Waals surface area contributed by atoms with Crippen LogP contribution < -0.4 is 0 Å². The van der Waals surface area contributed by atoms with Crippen molar-refractivity contribution in [1.82, 2.24) is 0 Å². The van der Waals surface area contributed by atoms with E-state index >= 15 is 0 Å². The molecule has 15 heavy (non-hydrogen) atoms. The van der Waals surface area contributed by atoms with Gasteiger partial charge in [-0.05, 0) is 20.3 Å². The van der Waals surface area contributed by atoms with Crippen molar-refractivity contribution in [1.29, 1.82) is 0 Å². The van der Waals surface area contributed by atoms with Crippen molar-refractivity contribution in [3.05, 3.63) is 0 Å². The van der Waals surface area contributed by atoms with Gasteiger partial charge in [0.1, 0.15) is 0 Å². The summed E-state index contributed by atoms with van der Waals surface area (Å²) in [6.45, 7) is 3.85. The summed E-state index contributed by atoms with van der Waals surface area (Å²) in [4.78, 5) is 10.8. The van der Waals surface area contributed by atoms with Gasteiger partial charge in [0, 0.05) is 26.7 Å². The van der Waals surface area contributed by atoms with Crippen LogP contribution in [0.5, 0.6) is 0 Å². The molecule has 5 nitrogen and oxygen atoms in total. The van der Waals surface area contributed by atoms with Crippen molar-refractivity contribution in [3.63, 3.8) is 0 Å². The SMILES string of the molecule is COC(C)(C)CC(OCCCO)C(=O)O. The third-order valence-electron chi connectivity index (χ3n) is 2.13. The fourth-order valence-electron chi connectivity index (χ4n) is 1.04. The van der Waals surface area contributed by atoms with Crippen LogP contribution in [0.4, 0.5) is 0 Å². The molecule has 1 atom stereocenters. The zero-order chi connectivity index (χ0) is 11.9. The average molecular weight is 220 g/mol. The molecule has 0 fully saturated rings. The van der Waals surface area contributed by atoms with Gasteiger partial charge in [0.25, 0.3) is 0 Å². The number of methoxy groups -OCH3 is 1. The van der Waals surface area contributed by atoms with Crippen molar-refractivity contribution < 1.29 is 24.5 Å². The van der Waals surface area contributed by atoms with Gasteiger partial charge in [0.05, 0.1) is 5.60 Å². The molecule has 0 aliphatic carbocycles. The van der Waals surface area contributed by atoms with Crippen LogP contribution in [-0.4, -0.2) is 48.2 Å². The van der Waals surface area contributed by atoms with Gasteiger partial charge < -0.3 is 19.7 Å². The fourth-order valence-corrected chi connectivity index (χ4v) is 1.04. The summed E-state index contributed by atoms with van der Waals surface area (Å²) in [6.07, 6.45) is -0.159. The molecule has 0 spiro atoms. The van der Waals surface area contributed by atoms with Crippen LogP contribution in [0.15, 0.2) is 0 Å². The molecular weight excluding hydrogens is 200 g/mol. The molecule has 1 unspecified atom stereocenters. The molecule has 0 radical (unpaired) electrons. The summed E-state index contributed by atoms with van der Waals surface area (Å²) < 4.78 is 10.3. The summed E-state index contributed by atoms with van der Waals surface area (Å²) in [6, 6.07) is 0. The number of ether oxygens (including phenoxy) is 2. The summed E-state index contributed by atoms with van der Waals surface area (Å²) in [5, 5.41) is 17.4. The largest absolute Gasteiger partial charge is 0.479 e. The van der Waals surface area contributed by atoms with Gasteiger partial charge in [-0.1, -0.05) is 0 Å². The normalized spacial score (nSPS) is 13.9. The Morgan fingerprint density at radius 1 is 1.47 bits per heavy atom. The lowest BCUT2D eigenvalue weighted by molar-refractivity contribution is -0.155. The highest BCUT2D eigenvalue weighted by Gasteiger charge is 2.28. The number of hydrogen-bond acceptors (Lipinski definition) is 4. The molecule has 0 heterocycles. The van der Waals surface area contributed by atoms with Gasteiger partial charge in [-0.3, -0.25) is 0 Å². The molecule has 0 aliphatic heterocycles. The number of rotatable bonds is 8. The molecular formula is C10H20O5. The van der Waals surface area contributed by atoms with Crippen molar-refractivity contribution in [2.24, 2.45) is 0 Å². The van der Waals surface area contributed by atoms with Gasteiger partial charge in [-0.2, -0.15) is 0 Å². The predicted octanol–water partition coefficient (Wildman–Crippen LogP) is 0.654. The number of aliphatic carboxylic acids is 1. The van der Waals surface area contributed by atoms with Crippen molar-refractivity contribution >= 4 is 5.97 Å². The molecule has 0 aromatic rings. The maximum Gasteiger partial charge on any atom is 0.332 e. The second-order valence-electron chi connectivity index (χ2n) is 3.94. The van der Waals surface area contributed by atoms with Gasteiger partial charge in [-0.15, -0.1) is 0 Å². The van der Waals surface area contributed by atoms with Crippen molar-refractivity contribution in [2.75, 3.05) is 20.3 Å². The number of aliphatic hydroxyl groups excluding tert-OH is 1. The lowest BCUT2D eigenvalue weighted by Crippen LogP contribution is -2.35. The summed E-state index contributed by atoms with van der Waals surface area (Å²) >= 11 is 0. The highest BCUT2D eigenvalue weighted by molar-refractivity contribution is 5.72. The Kier molecular flexibility index (Phi) is 6.47. The zero-order valence-corrected chi connectivity index (χ0v) is 9.52. The van der Waals surface area contributed by atoms with Crippen molar-refractivity contribution in [3.8, 4) is 0 Å². The van der Waals surface area contributed by atoms with Crippen LogP contribution in [0, 0.1) is 0 Å². The molecule has 0 bridgehead atoms. The van der Waals surface area contributed by atoms with Gasteiger partial charge in [-0.25, -0.2) is 4.79 Å². The number of hydrogen-bond donors (Lipinski definition) is 2. The van der Waals surface area contributed by atoms with Gasteiger partial charge >= 0.3 is 5.97 Å². The highest BCUT2D eigenvalue weighted by atomic mass is 16.5. The molecule has 0 aromatic heterocycles. The quantitative estimate of drug-likeness (QED) is 0.587. The Hall–Kier alpha value is -0.650. The number of carboxylic acid groups (broad SMARTS) is 1. The minimum absolute atomic E-state index is 0.00000961. The van der Waals surface area contributed by atoms with Crippen LogP contribution >= 0.6 is 0 Å². The van der Waals surface area contributed by atoms with E-state index < -0.39 is 17.7 Å². The van der Waals surface area contributed by atoms with Gasteiger partial charge in [0.15, 0.2) is 6.10 Å². The van der Waals surface area contributed by atoms with E-state index in [9.17, 15) is 4.79 Å². The number of carbonyl (C=O) groups is 1. The molecule has 0 saturated heterocycles. The maximum absolute atomic E-state index is 10.8. The minimum Gasteiger partial charge on any atom is -0.479 e. The Bertz CT molecular complexity index is 190. The topological polar surface area (TPSA) is 76.0 Å². The van der Waals surface area contributed by atoms with Crippen LogP contribution in [-0.2, 0) is 14.3 Å². The van der Waals surface area contributed by atoms with E-state index in [2.05, 4.69) is 0 Å². The fraction of sp³-hybridized carbons (Fsp3) is 0.900. The predicted molar refractivity (Wildman–Crippen MR) is 54.8 cm³/mol. The molecule has 5 heteroatoms. The molecule has 0 aromatic carbocycles. The van der Waals surface area contributed by atoms with E-state index in [0.29, 0.717) is 6.42 Å². The molecule has 0 amide bonds. The standard InChI is InChI=1S/C10H20O5/c1-10(2,14-3)7-8(9(12)13)15-6-4-5-11/h8,11H,4-7H2,1-3H3,(H,12,13). The maximum atomic E-state index is 10.8. The number of aliphatic hydroxyl groups is 1. The highest BCUT2D eigenvalue weighted by Crippen LogP contribution is 2.17.